The molecule has 4 aromatic rings. The molecule has 3 heterocycles. The molecule has 1 amide bonds. The van der Waals surface area contributed by atoms with Gasteiger partial charge in [0.1, 0.15) is 10.8 Å². The van der Waals surface area contributed by atoms with E-state index < -0.39 is 6.04 Å². The zero-order chi connectivity index (χ0) is 22.8. The highest BCUT2D eigenvalue weighted by Crippen LogP contribution is 2.41. The smallest absolute Gasteiger partial charge is 0.291 e. The Bertz CT molecular complexity index is 1250. The van der Waals surface area contributed by atoms with Gasteiger partial charge in [-0.05, 0) is 69.2 Å². The van der Waals surface area contributed by atoms with Crippen LogP contribution in [-0.2, 0) is 0 Å². The molecule has 0 bridgehead atoms. The van der Waals surface area contributed by atoms with Crippen LogP contribution in [0, 0.1) is 33.5 Å². The number of nitrogens with one attached hydrogen (secondary N) is 2. The second kappa shape index (κ2) is 8.92. The Morgan fingerprint density at radius 2 is 1.81 bits per heavy atom. The van der Waals surface area contributed by atoms with Crippen LogP contribution in [0.25, 0.3) is 0 Å². The van der Waals surface area contributed by atoms with E-state index in [1.165, 1.54) is 29.7 Å². The fourth-order valence-corrected chi connectivity index (χ4v) is 4.68. The number of nitrogens with zero attached hydrogens (tertiary/aromatic N) is 2. The number of hydrogen-bond acceptors (Lipinski definition) is 6. The van der Waals surface area contributed by atoms with E-state index in [4.69, 9.17) is 4.42 Å². The lowest BCUT2D eigenvalue weighted by Crippen LogP contribution is -2.19. The van der Waals surface area contributed by atoms with Crippen molar-refractivity contribution < 1.29 is 13.6 Å². The Labute approximate surface area is 189 Å². The minimum atomic E-state index is -0.483. The molecule has 1 unspecified atom stereocenters. The van der Waals surface area contributed by atoms with E-state index in [-0.39, 0.29) is 17.5 Å². The van der Waals surface area contributed by atoms with Crippen LogP contribution in [0.5, 0.6) is 0 Å². The Kier molecular flexibility index (Phi) is 6.05. The van der Waals surface area contributed by atoms with Crippen molar-refractivity contribution in [2.24, 2.45) is 0 Å². The molecule has 0 fully saturated rings. The molecule has 8 heteroatoms. The van der Waals surface area contributed by atoms with Crippen molar-refractivity contribution in [3.63, 3.8) is 0 Å². The molecule has 0 saturated carbocycles. The number of carbonyl (C=O) groups is 1. The molecule has 0 radical (unpaired) electrons. The zero-order valence-corrected chi connectivity index (χ0v) is 19.0. The monoisotopic (exact) mass is 450 g/mol. The van der Waals surface area contributed by atoms with E-state index in [1.54, 1.807) is 18.2 Å². The fourth-order valence-electron chi connectivity index (χ4n) is 3.59. The van der Waals surface area contributed by atoms with Gasteiger partial charge in [-0.15, -0.1) is 11.3 Å². The number of anilines is 2. The number of aromatic nitrogens is 2. The third-order valence-electron chi connectivity index (χ3n) is 5.13. The first-order valence-electron chi connectivity index (χ1n) is 10.1. The summed E-state index contributed by atoms with van der Waals surface area (Å²) >= 11 is 1.46. The van der Waals surface area contributed by atoms with E-state index in [0.717, 1.165) is 27.4 Å². The molecule has 0 saturated heterocycles. The van der Waals surface area contributed by atoms with Crippen molar-refractivity contribution in [1.82, 2.24) is 9.97 Å². The van der Waals surface area contributed by atoms with E-state index in [1.807, 2.05) is 39.8 Å². The van der Waals surface area contributed by atoms with Crippen LogP contribution in [-0.4, -0.2) is 15.9 Å². The highest BCUT2D eigenvalue weighted by atomic mass is 32.1. The second-order valence-electron chi connectivity index (χ2n) is 7.56. The van der Waals surface area contributed by atoms with Gasteiger partial charge in [0, 0.05) is 21.8 Å². The number of rotatable bonds is 6. The van der Waals surface area contributed by atoms with Crippen LogP contribution < -0.4 is 10.6 Å². The molecule has 6 nitrogen and oxygen atoms in total. The predicted octanol–water partition coefficient (Wildman–Crippen LogP) is 5.96. The number of carbonyl (C=O) groups excluding carboxylic acids is 1. The summed E-state index contributed by atoms with van der Waals surface area (Å²) in [5, 5.41) is 6.99. The SMILES string of the molecule is Cc1cc(C)nc(NC(c2cccc(F)c2)c2c(NC(=O)c3ccco3)sc(C)c2C)n1. The predicted molar refractivity (Wildman–Crippen MR) is 124 cm³/mol. The standard InChI is InChI=1S/C24H23FN4O2S/c1-13-11-14(2)27-24(26-13)28-21(17-7-5-8-18(25)12-17)20-15(3)16(4)32-23(20)29-22(30)19-9-6-10-31-19/h5-12,21H,1-4H3,(H,29,30)(H,26,27,28). The van der Waals surface area contributed by atoms with Gasteiger partial charge in [0.25, 0.3) is 5.91 Å². The van der Waals surface area contributed by atoms with Crippen LogP contribution in [0.15, 0.2) is 53.1 Å². The van der Waals surface area contributed by atoms with Crippen LogP contribution in [0.1, 0.15) is 49.6 Å². The van der Waals surface area contributed by atoms with Gasteiger partial charge in [0.05, 0.1) is 12.3 Å². The normalized spacial score (nSPS) is 11.9. The number of benzene rings is 1. The maximum atomic E-state index is 14.2. The van der Waals surface area contributed by atoms with Crippen molar-refractivity contribution in [1.29, 1.82) is 0 Å². The molecule has 3 aromatic heterocycles. The van der Waals surface area contributed by atoms with E-state index >= 15 is 0 Å². The summed E-state index contributed by atoms with van der Waals surface area (Å²) in [4.78, 5) is 22.7. The Hall–Kier alpha value is -3.52. The lowest BCUT2D eigenvalue weighted by Gasteiger charge is -2.22. The van der Waals surface area contributed by atoms with Gasteiger partial charge in [-0.2, -0.15) is 0 Å². The molecule has 1 atom stereocenters. The van der Waals surface area contributed by atoms with Gasteiger partial charge < -0.3 is 15.1 Å². The van der Waals surface area contributed by atoms with Crippen LogP contribution in [0.2, 0.25) is 0 Å². The lowest BCUT2D eigenvalue weighted by molar-refractivity contribution is 0.0997. The number of furan rings is 1. The molecule has 0 aliphatic heterocycles. The molecule has 0 aliphatic carbocycles. The van der Waals surface area contributed by atoms with Gasteiger partial charge in [-0.3, -0.25) is 4.79 Å². The van der Waals surface area contributed by atoms with Gasteiger partial charge in [-0.25, -0.2) is 14.4 Å². The number of hydrogen-bond donors (Lipinski definition) is 2. The van der Waals surface area contributed by atoms with Crippen LogP contribution in [0.3, 0.4) is 0 Å². The summed E-state index contributed by atoms with van der Waals surface area (Å²) in [6.45, 7) is 7.76. The first kappa shape index (κ1) is 21.7. The molecule has 164 valence electrons. The molecule has 0 spiro atoms. The molecular formula is C24H23FN4O2S. The average molecular weight is 451 g/mol. The van der Waals surface area contributed by atoms with Gasteiger partial charge in [0.15, 0.2) is 5.76 Å². The first-order chi connectivity index (χ1) is 15.3. The van der Waals surface area contributed by atoms with E-state index in [0.29, 0.717) is 16.5 Å². The van der Waals surface area contributed by atoms with E-state index in [2.05, 4.69) is 20.6 Å². The summed E-state index contributed by atoms with van der Waals surface area (Å²) in [6.07, 6.45) is 1.45. The molecule has 32 heavy (non-hydrogen) atoms. The second-order valence-corrected chi connectivity index (χ2v) is 8.79. The molecule has 2 N–H and O–H groups in total. The van der Waals surface area contributed by atoms with Crippen LogP contribution >= 0.6 is 11.3 Å². The Morgan fingerprint density at radius 1 is 1.06 bits per heavy atom. The number of amides is 1. The van der Waals surface area contributed by atoms with Crippen LogP contribution in [0.4, 0.5) is 15.3 Å². The molecule has 4 rings (SSSR count). The average Bonchev–Trinajstić information content (AvgIpc) is 3.35. The molecule has 1 aromatic carbocycles. The Morgan fingerprint density at radius 3 is 2.47 bits per heavy atom. The van der Waals surface area contributed by atoms with Crippen molar-refractivity contribution in [3.05, 3.63) is 93.3 Å². The number of thiophene rings is 1. The number of aryl methyl sites for hydroxylation is 3. The number of halogens is 1. The summed E-state index contributed by atoms with van der Waals surface area (Å²) in [6, 6.07) is 11.1. The summed E-state index contributed by atoms with van der Waals surface area (Å²) < 4.78 is 19.4. The maximum absolute atomic E-state index is 14.2. The summed E-state index contributed by atoms with van der Waals surface area (Å²) in [7, 11) is 0. The lowest BCUT2D eigenvalue weighted by atomic mass is 9.96. The van der Waals surface area contributed by atoms with E-state index in [9.17, 15) is 9.18 Å². The van der Waals surface area contributed by atoms with Gasteiger partial charge in [0.2, 0.25) is 5.95 Å². The van der Waals surface area contributed by atoms with Crippen molar-refractivity contribution in [3.8, 4) is 0 Å². The third-order valence-corrected chi connectivity index (χ3v) is 6.27. The minimum Gasteiger partial charge on any atom is -0.459 e. The Balaban J connectivity index is 1.81. The molecule has 0 aliphatic rings. The maximum Gasteiger partial charge on any atom is 0.291 e. The molecular weight excluding hydrogens is 427 g/mol. The quantitative estimate of drug-likeness (QED) is 0.379. The van der Waals surface area contributed by atoms with Crippen molar-refractivity contribution in [2.75, 3.05) is 10.6 Å². The third kappa shape index (κ3) is 4.55. The minimum absolute atomic E-state index is 0.215. The largest absolute Gasteiger partial charge is 0.459 e. The van der Waals surface area contributed by atoms with Gasteiger partial charge in [-0.1, -0.05) is 12.1 Å². The van der Waals surface area contributed by atoms with Crippen molar-refractivity contribution >= 4 is 28.2 Å². The zero-order valence-electron chi connectivity index (χ0n) is 18.2. The highest BCUT2D eigenvalue weighted by molar-refractivity contribution is 7.16. The topological polar surface area (TPSA) is 80.0 Å². The summed E-state index contributed by atoms with van der Waals surface area (Å²) in [5.41, 5.74) is 4.17. The summed E-state index contributed by atoms with van der Waals surface area (Å²) in [5.74, 6) is -0.0459. The van der Waals surface area contributed by atoms with Gasteiger partial charge >= 0.3 is 0 Å². The fraction of sp³-hybridized carbons (Fsp3) is 0.208. The highest BCUT2D eigenvalue weighted by Gasteiger charge is 2.26. The first-order valence-corrected chi connectivity index (χ1v) is 10.9. The van der Waals surface area contributed by atoms with Crippen molar-refractivity contribution in [2.45, 2.75) is 33.7 Å².